The highest BCUT2D eigenvalue weighted by Gasteiger charge is 2.09. The van der Waals surface area contributed by atoms with E-state index in [0.717, 1.165) is 12.3 Å². The zero-order valence-electron chi connectivity index (χ0n) is 10.6. The molecule has 0 amide bonds. The van der Waals surface area contributed by atoms with Gasteiger partial charge in [0.25, 0.3) is 0 Å². The summed E-state index contributed by atoms with van der Waals surface area (Å²) in [4.78, 5) is 0. The second-order valence-electron chi connectivity index (χ2n) is 4.55. The second kappa shape index (κ2) is 6.48. The summed E-state index contributed by atoms with van der Waals surface area (Å²) < 4.78 is 5.41. The molecular formula is C11H22N4O. The molecule has 1 atom stereocenters. The standard InChI is InChI=1S/C11H22N4O/c1-8(2)5-6-9(3)13-11-15-14-10(16-11)7-12-4/h8-9,12H,5-7H2,1-4H3,(H,13,15). The fourth-order valence-electron chi connectivity index (χ4n) is 1.40. The van der Waals surface area contributed by atoms with E-state index in [4.69, 9.17) is 4.42 Å². The van der Waals surface area contributed by atoms with Gasteiger partial charge in [0, 0.05) is 6.04 Å². The monoisotopic (exact) mass is 226 g/mol. The predicted molar refractivity (Wildman–Crippen MR) is 64.2 cm³/mol. The van der Waals surface area contributed by atoms with Crippen LogP contribution in [0.2, 0.25) is 0 Å². The summed E-state index contributed by atoms with van der Waals surface area (Å²) in [5.74, 6) is 1.34. The minimum atomic E-state index is 0.366. The van der Waals surface area contributed by atoms with E-state index < -0.39 is 0 Å². The van der Waals surface area contributed by atoms with Crippen LogP contribution in [0.4, 0.5) is 6.01 Å². The molecule has 1 unspecified atom stereocenters. The molecule has 0 aliphatic rings. The quantitative estimate of drug-likeness (QED) is 0.744. The fraction of sp³-hybridized carbons (Fsp3) is 0.818. The smallest absolute Gasteiger partial charge is 0.315 e. The molecule has 1 aromatic rings. The van der Waals surface area contributed by atoms with E-state index in [-0.39, 0.29) is 0 Å². The van der Waals surface area contributed by atoms with Gasteiger partial charge in [0.15, 0.2) is 0 Å². The fourth-order valence-corrected chi connectivity index (χ4v) is 1.40. The van der Waals surface area contributed by atoms with Crippen molar-refractivity contribution in [3.8, 4) is 0 Å². The van der Waals surface area contributed by atoms with Crippen molar-refractivity contribution < 1.29 is 4.42 Å². The molecule has 0 spiro atoms. The lowest BCUT2D eigenvalue weighted by Crippen LogP contribution is -2.16. The highest BCUT2D eigenvalue weighted by Crippen LogP contribution is 2.12. The Bertz CT molecular complexity index is 298. The summed E-state index contributed by atoms with van der Waals surface area (Å²) in [5, 5.41) is 14.0. The van der Waals surface area contributed by atoms with Crippen LogP contribution in [-0.4, -0.2) is 23.3 Å². The zero-order chi connectivity index (χ0) is 12.0. The highest BCUT2D eigenvalue weighted by atomic mass is 16.4. The summed E-state index contributed by atoms with van der Waals surface area (Å²) in [6, 6.07) is 0.881. The zero-order valence-corrected chi connectivity index (χ0v) is 10.6. The topological polar surface area (TPSA) is 63.0 Å². The van der Waals surface area contributed by atoms with Gasteiger partial charge in [-0.25, -0.2) is 0 Å². The van der Waals surface area contributed by atoms with Crippen LogP contribution in [0.15, 0.2) is 4.42 Å². The first kappa shape index (κ1) is 13.0. The minimum absolute atomic E-state index is 0.366. The number of rotatable bonds is 7. The maximum Gasteiger partial charge on any atom is 0.315 e. The van der Waals surface area contributed by atoms with Crippen LogP contribution >= 0.6 is 0 Å². The Morgan fingerprint density at radius 2 is 1.94 bits per heavy atom. The molecule has 0 aliphatic carbocycles. The van der Waals surface area contributed by atoms with Crippen molar-refractivity contribution in [1.82, 2.24) is 15.5 Å². The third-order valence-corrected chi connectivity index (χ3v) is 2.34. The van der Waals surface area contributed by atoms with Gasteiger partial charge in [0.1, 0.15) is 0 Å². The van der Waals surface area contributed by atoms with Gasteiger partial charge in [-0.15, -0.1) is 5.10 Å². The molecule has 5 nitrogen and oxygen atoms in total. The van der Waals surface area contributed by atoms with Crippen LogP contribution in [-0.2, 0) is 6.54 Å². The molecule has 2 N–H and O–H groups in total. The predicted octanol–water partition coefficient (Wildman–Crippen LogP) is 2.03. The highest BCUT2D eigenvalue weighted by molar-refractivity contribution is 5.18. The summed E-state index contributed by atoms with van der Waals surface area (Å²) in [6.07, 6.45) is 2.31. The molecule has 0 saturated carbocycles. The molecule has 0 aromatic carbocycles. The van der Waals surface area contributed by atoms with Gasteiger partial charge >= 0.3 is 6.01 Å². The lowest BCUT2D eigenvalue weighted by atomic mass is 10.0. The van der Waals surface area contributed by atoms with E-state index in [1.165, 1.54) is 6.42 Å². The Hall–Kier alpha value is -1.10. The van der Waals surface area contributed by atoms with E-state index in [1.807, 2.05) is 7.05 Å². The Morgan fingerprint density at radius 1 is 1.19 bits per heavy atom. The molecule has 0 radical (unpaired) electrons. The largest absolute Gasteiger partial charge is 0.407 e. The molecule has 5 heteroatoms. The minimum Gasteiger partial charge on any atom is -0.407 e. The number of nitrogens with zero attached hydrogens (tertiary/aromatic N) is 2. The summed E-state index contributed by atoms with van der Waals surface area (Å²) in [7, 11) is 1.85. The maximum atomic E-state index is 5.41. The van der Waals surface area contributed by atoms with Crippen molar-refractivity contribution in [1.29, 1.82) is 0 Å². The van der Waals surface area contributed by atoms with Gasteiger partial charge < -0.3 is 15.1 Å². The van der Waals surface area contributed by atoms with E-state index in [2.05, 4.69) is 41.6 Å². The van der Waals surface area contributed by atoms with Gasteiger partial charge in [-0.1, -0.05) is 18.9 Å². The molecule has 0 bridgehead atoms. The number of hydrogen-bond donors (Lipinski definition) is 2. The van der Waals surface area contributed by atoms with E-state index in [9.17, 15) is 0 Å². The average Bonchev–Trinajstić information content (AvgIpc) is 2.63. The lowest BCUT2D eigenvalue weighted by molar-refractivity contribution is 0.475. The van der Waals surface area contributed by atoms with E-state index in [1.54, 1.807) is 0 Å². The summed E-state index contributed by atoms with van der Waals surface area (Å²) >= 11 is 0. The Morgan fingerprint density at radius 3 is 2.56 bits per heavy atom. The van der Waals surface area contributed by atoms with Gasteiger partial charge in [-0.3, -0.25) is 0 Å². The maximum absolute atomic E-state index is 5.41. The van der Waals surface area contributed by atoms with Crippen LogP contribution in [0.1, 0.15) is 39.5 Å². The Labute approximate surface area is 97.0 Å². The Balaban J connectivity index is 2.34. The van der Waals surface area contributed by atoms with Crippen LogP contribution in [0.5, 0.6) is 0 Å². The van der Waals surface area contributed by atoms with Crippen molar-refractivity contribution in [3.63, 3.8) is 0 Å². The molecular weight excluding hydrogens is 204 g/mol. The molecule has 1 rings (SSSR count). The number of anilines is 1. The van der Waals surface area contributed by atoms with Crippen molar-refractivity contribution in [2.24, 2.45) is 5.92 Å². The van der Waals surface area contributed by atoms with Gasteiger partial charge in [-0.2, -0.15) is 0 Å². The SMILES string of the molecule is CNCc1nnc(NC(C)CCC(C)C)o1. The molecule has 0 saturated heterocycles. The van der Waals surface area contributed by atoms with Crippen molar-refractivity contribution >= 4 is 6.01 Å². The number of nitrogens with one attached hydrogen (secondary N) is 2. The molecule has 0 fully saturated rings. The first-order valence-corrected chi connectivity index (χ1v) is 5.85. The first-order chi connectivity index (χ1) is 7.61. The van der Waals surface area contributed by atoms with Crippen molar-refractivity contribution in [2.75, 3.05) is 12.4 Å². The summed E-state index contributed by atoms with van der Waals surface area (Å²) in [6.45, 7) is 7.19. The van der Waals surface area contributed by atoms with Crippen LogP contribution in [0.25, 0.3) is 0 Å². The van der Waals surface area contributed by atoms with Crippen molar-refractivity contribution in [2.45, 2.75) is 46.2 Å². The van der Waals surface area contributed by atoms with Gasteiger partial charge in [0.05, 0.1) is 6.54 Å². The third-order valence-electron chi connectivity index (χ3n) is 2.34. The van der Waals surface area contributed by atoms with Crippen molar-refractivity contribution in [3.05, 3.63) is 5.89 Å². The molecule has 16 heavy (non-hydrogen) atoms. The second-order valence-corrected chi connectivity index (χ2v) is 4.55. The Kier molecular flexibility index (Phi) is 5.25. The first-order valence-electron chi connectivity index (χ1n) is 5.85. The molecule has 92 valence electrons. The normalized spacial score (nSPS) is 13.1. The lowest BCUT2D eigenvalue weighted by Gasteiger charge is -2.12. The van der Waals surface area contributed by atoms with E-state index >= 15 is 0 Å². The number of aromatic nitrogens is 2. The van der Waals surface area contributed by atoms with Crippen LogP contribution < -0.4 is 10.6 Å². The van der Waals surface area contributed by atoms with E-state index in [0.29, 0.717) is 24.5 Å². The average molecular weight is 226 g/mol. The van der Waals surface area contributed by atoms with Crippen LogP contribution in [0, 0.1) is 5.92 Å². The summed E-state index contributed by atoms with van der Waals surface area (Å²) in [5.41, 5.74) is 0. The van der Waals surface area contributed by atoms with Gasteiger partial charge in [-0.05, 0) is 32.7 Å². The molecule has 1 aromatic heterocycles. The van der Waals surface area contributed by atoms with Gasteiger partial charge in [0.2, 0.25) is 5.89 Å². The molecule has 1 heterocycles. The van der Waals surface area contributed by atoms with Crippen LogP contribution in [0.3, 0.4) is 0 Å². The third kappa shape index (κ3) is 4.61. The molecule has 0 aliphatic heterocycles. The number of hydrogen-bond acceptors (Lipinski definition) is 5.